The zero-order valence-corrected chi connectivity index (χ0v) is 10.1. The number of hydrogen-bond acceptors (Lipinski definition) is 3. The monoisotopic (exact) mass is 253 g/mol. The molecule has 90 valence electrons. The highest BCUT2D eigenvalue weighted by atomic mass is 32.1. The van der Waals surface area contributed by atoms with Crippen molar-refractivity contribution in [2.75, 3.05) is 0 Å². The van der Waals surface area contributed by atoms with Gasteiger partial charge in [0, 0.05) is 18.9 Å². The smallest absolute Gasteiger partial charge is 0.303 e. The van der Waals surface area contributed by atoms with Crippen molar-refractivity contribution in [3.63, 3.8) is 0 Å². The van der Waals surface area contributed by atoms with Crippen molar-refractivity contribution < 1.29 is 14.3 Å². The van der Waals surface area contributed by atoms with Gasteiger partial charge >= 0.3 is 5.97 Å². The van der Waals surface area contributed by atoms with E-state index in [1.54, 1.807) is 6.07 Å². The molecule has 5 heteroatoms. The van der Waals surface area contributed by atoms with Gasteiger partial charge in [0.15, 0.2) is 0 Å². The van der Waals surface area contributed by atoms with Crippen molar-refractivity contribution in [3.05, 3.63) is 29.0 Å². The Morgan fingerprint density at radius 1 is 1.59 bits per heavy atom. The van der Waals surface area contributed by atoms with Crippen molar-refractivity contribution in [3.8, 4) is 0 Å². The Bertz CT molecular complexity index is 552. The molecule has 1 N–H and O–H groups in total. The number of aliphatic carboxylic acids is 1. The van der Waals surface area contributed by atoms with Gasteiger partial charge in [-0.25, -0.2) is 9.37 Å². The summed E-state index contributed by atoms with van der Waals surface area (Å²) >= 11 is 1.49. The van der Waals surface area contributed by atoms with E-state index in [-0.39, 0.29) is 18.2 Å². The minimum absolute atomic E-state index is 0.0397. The lowest BCUT2D eigenvalue weighted by Crippen LogP contribution is -2.06. The molecule has 0 saturated heterocycles. The number of benzene rings is 1. The van der Waals surface area contributed by atoms with Gasteiger partial charge in [0.2, 0.25) is 0 Å². The molecular weight excluding hydrogens is 241 g/mol. The number of carboxylic acid groups (broad SMARTS) is 1. The summed E-state index contributed by atoms with van der Waals surface area (Å²) in [4.78, 5) is 14.9. The summed E-state index contributed by atoms with van der Waals surface area (Å²) in [6, 6.07) is 4.51. The van der Waals surface area contributed by atoms with Gasteiger partial charge in [-0.3, -0.25) is 4.79 Å². The average molecular weight is 253 g/mol. The van der Waals surface area contributed by atoms with Crippen LogP contribution in [-0.4, -0.2) is 16.1 Å². The molecule has 1 aromatic heterocycles. The van der Waals surface area contributed by atoms with Crippen LogP contribution in [-0.2, 0) is 11.2 Å². The molecule has 1 aromatic carbocycles. The molecule has 0 amide bonds. The summed E-state index contributed by atoms with van der Waals surface area (Å²) in [6.07, 6.45) is 0.748. The van der Waals surface area contributed by atoms with Crippen LogP contribution in [0.2, 0.25) is 0 Å². The molecule has 17 heavy (non-hydrogen) atoms. The minimum atomic E-state index is -0.801. The van der Waals surface area contributed by atoms with Gasteiger partial charge in [-0.05, 0) is 18.1 Å². The summed E-state index contributed by atoms with van der Waals surface area (Å²) < 4.78 is 13.9. The van der Waals surface area contributed by atoms with E-state index in [1.807, 2.05) is 6.92 Å². The van der Waals surface area contributed by atoms with Gasteiger partial charge in [-0.15, -0.1) is 11.3 Å². The largest absolute Gasteiger partial charge is 0.481 e. The van der Waals surface area contributed by atoms with E-state index in [1.165, 1.54) is 23.5 Å². The maximum atomic E-state index is 13.0. The second-order valence-corrected chi connectivity index (χ2v) is 5.24. The van der Waals surface area contributed by atoms with Crippen LogP contribution in [0.15, 0.2) is 18.2 Å². The summed E-state index contributed by atoms with van der Waals surface area (Å²) in [5.41, 5.74) is 0.646. The maximum Gasteiger partial charge on any atom is 0.303 e. The molecule has 1 unspecified atom stereocenters. The van der Waals surface area contributed by atoms with Crippen LogP contribution in [0.25, 0.3) is 10.2 Å². The van der Waals surface area contributed by atoms with E-state index >= 15 is 0 Å². The lowest BCUT2D eigenvalue weighted by atomic mass is 10.1. The number of rotatable bonds is 4. The molecule has 0 aliphatic rings. The Hall–Kier alpha value is -1.49. The van der Waals surface area contributed by atoms with Crippen LogP contribution in [0.4, 0.5) is 4.39 Å². The second kappa shape index (κ2) is 4.79. The molecule has 2 rings (SSSR count). The normalized spacial score (nSPS) is 12.8. The maximum absolute atomic E-state index is 13.0. The zero-order chi connectivity index (χ0) is 12.4. The minimum Gasteiger partial charge on any atom is -0.481 e. The van der Waals surface area contributed by atoms with E-state index in [2.05, 4.69) is 4.98 Å². The highest BCUT2D eigenvalue weighted by molar-refractivity contribution is 7.18. The molecule has 2 aromatic rings. The van der Waals surface area contributed by atoms with E-state index in [4.69, 9.17) is 5.11 Å². The van der Waals surface area contributed by atoms with Crippen LogP contribution >= 0.6 is 11.3 Å². The molecule has 3 nitrogen and oxygen atoms in total. The zero-order valence-electron chi connectivity index (χ0n) is 9.31. The third-order valence-electron chi connectivity index (χ3n) is 2.44. The van der Waals surface area contributed by atoms with Crippen LogP contribution in [0.5, 0.6) is 0 Å². The summed E-state index contributed by atoms with van der Waals surface area (Å²) in [7, 11) is 0. The van der Waals surface area contributed by atoms with Crippen LogP contribution in [0.1, 0.15) is 18.4 Å². The van der Waals surface area contributed by atoms with Crippen molar-refractivity contribution in [1.29, 1.82) is 0 Å². The standard InChI is InChI=1S/C12H12FNO2S/c1-7(5-12(15)16)4-11-14-9-6-8(13)2-3-10(9)17-11/h2-3,6-7H,4-5H2,1H3,(H,15,16). The van der Waals surface area contributed by atoms with Crippen LogP contribution in [0.3, 0.4) is 0 Å². The second-order valence-electron chi connectivity index (χ2n) is 4.13. The molecule has 0 saturated carbocycles. The topological polar surface area (TPSA) is 50.2 Å². The van der Waals surface area contributed by atoms with Gasteiger partial charge in [-0.2, -0.15) is 0 Å². The van der Waals surface area contributed by atoms with E-state index in [0.29, 0.717) is 11.9 Å². The fourth-order valence-corrected chi connectivity index (χ4v) is 2.81. The first-order chi connectivity index (χ1) is 8.04. The van der Waals surface area contributed by atoms with E-state index in [9.17, 15) is 9.18 Å². The number of halogens is 1. The lowest BCUT2D eigenvalue weighted by molar-refractivity contribution is -0.137. The number of carboxylic acids is 1. The van der Waals surface area contributed by atoms with Crippen LogP contribution < -0.4 is 0 Å². The lowest BCUT2D eigenvalue weighted by Gasteiger charge is -2.04. The Balaban J connectivity index is 2.16. The molecule has 0 aliphatic heterocycles. The summed E-state index contributed by atoms with van der Waals surface area (Å²) in [6.45, 7) is 1.88. The molecule has 0 aliphatic carbocycles. The molecule has 0 fully saturated rings. The quantitative estimate of drug-likeness (QED) is 0.910. The Morgan fingerprint density at radius 3 is 3.06 bits per heavy atom. The third kappa shape index (κ3) is 3.00. The predicted molar refractivity (Wildman–Crippen MR) is 64.7 cm³/mol. The van der Waals surface area contributed by atoms with E-state index < -0.39 is 5.97 Å². The molecule has 0 bridgehead atoms. The SMILES string of the molecule is CC(CC(=O)O)Cc1nc2cc(F)ccc2s1. The molecule has 0 spiro atoms. The van der Waals surface area contributed by atoms with Crippen molar-refractivity contribution >= 4 is 27.5 Å². The first-order valence-corrected chi connectivity index (χ1v) is 6.13. The first-order valence-electron chi connectivity index (χ1n) is 5.31. The number of nitrogens with zero attached hydrogens (tertiary/aromatic N) is 1. The number of fused-ring (bicyclic) bond motifs is 1. The van der Waals surface area contributed by atoms with Crippen molar-refractivity contribution in [2.24, 2.45) is 5.92 Å². The first kappa shape index (κ1) is 12.0. The molecule has 1 heterocycles. The highest BCUT2D eigenvalue weighted by Gasteiger charge is 2.12. The van der Waals surface area contributed by atoms with Gasteiger partial charge < -0.3 is 5.11 Å². The van der Waals surface area contributed by atoms with Crippen molar-refractivity contribution in [1.82, 2.24) is 4.98 Å². The molecule has 0 radical (unpaired) electrons. The van der Waals surface area contributed by atoms with Crippen LogP contribution in [0, 0.1) is 11.7 Å². The average Bonchev–Trinajstić information content (AvgIpc) is 2.57. The van der Waals surface area contributed by atoms with Crippen molar-refractivity contribution in [2.45, 2.75) is 19.8 Å². The molecule has 1 atom stereocenters. The fraction of sp³-hybridized carbons (Fsp3) is 0.333. The summed E-state index contributed by atoms with van der Waals surface area (Å²) in [5, 5.41) is 9.53. The van der Waals surface area contributed by atoms with Gasteiger partial charge in [0.1, 0.15) is 5.82 Å². The van der Waals surface area contributed by atoms with Gasteiger partial charge in [0.25, 0.3) is 0 Å². The third-order valence-corrected chi connectivity index (χ3v) is 3.50. The van der Waals surface area contributed by atoms with Gasteiger partial charge in [0.05, 0.1) is 15.2 Å². The number of aromatic nitrogens is 1. The number of carbonyl (C=O) groups is 1. The van der Waals surface area contributed by atoms with E-state index in [0.717, 1.165) is 9.71 Å². The fourth-order valence-electron chi connectivity index (χ4n) is 1.70. The highest BCUT2D eigenvalue weighted by Crippen LogP contribution is 2.25. The number of hydrogen-bond donors (Lipinski definition) is 1. The summed E-state index contributed by atoms with van der Waals surface area (Å²) in [5.74, 6) is -1.06. The number of thiazole rings is 1. The Morgan fingerprint density at radius 2 is 2.35 bits per heavy atom. The Kier molecular flexibility index (Phi) is 3.38. The predicted octanol–water partition coefficient (Wildman–Crippen LogP) is 3.09. The Labute approximate surface area is 102 Å². The van der Waals surface area contributed by atoms with Gasteiger partial charge in [-0.1, -0.05) is 6.92 Å². The molecular formula is C12H12FNO2S.